The first-order chi connectivity index (χ1) is 16.8. The topological polar surface area (TPSA) is 205 Å². The molecule has 3 amide bonds. The molecule has 2 aromatic rings. The highest BCUT2D eigenvalue weighted by molar-refractivity contribution is 8.01. The van der Waals surface area contributed by atoms with Gasteiger partial charge >= 0.3 is 5.97 Å². The maximum Gasteiger partial charge on any atom is 0.352 e. The lowest BCUT2D eigenvalue weighted by atomic mass is 10.0. The van der Waals surface area contributed by atoms with Crippen molar-refractivity contribution in [2.75, 3.05) is 16.8 Å². The Morgan fingerprint density at radius 3 is 2.86 bits per heavy atom. The molecule has 2 aliphatic heterocycles. The van der Waals surface area contributed by atoms with Gasteiger partial charge in [0, 0.05) is 18.6 Å². The minimum Gasteiger partial charge on any atom is -0.477 e. The van der Waals surface area contributed by atoms with E-state index in [1.54, 1.807) is 7.05 Å². The third-order valence-electron chi connectivity index (χ3n) is 5.01. The van der Waals surface area contributed by atoms with Crippen LogP contribution in [0.1, 0.15) is 5.69 Å². The number of fused-ring (bicyclic) bond motifs is 1. The van der Waals surface area contributed by atoms with Crippen LogP contribution in [-0.4, -0.2) is 93.2 Å². The highest BCUT2D eigenvalue weighted by atomic mass is 32.2. The second-order valence-corrected chi connectivity index (χ2v) is 9.16. The summed E-state index contributed by atoms with van der Waals surface area (Å²) in [5, 5.41) is 37.9. The van der Waals surface area contributed by atoms with Gasteiger partial charge in [-0.05, 0) is 28.1 Å². The lowest BCUT2D eigenvalue weighted by Crippen LogP contribution is -2.71. The molecule has 0 radical (unpaired) electrons. The molecule has 15 nitrogen and oxygen atoms in total. The van der Waals surface area contributed by atoms with Gasteiger partial charge in [0.15, 0.2) is 5.71 Å². The Morgan fingerprint density at radius 1 is 1.40 bits per heavy atom. The lowest BCUT2D eigenvalue weighted by molar-refractivity contribution is -0.150. The SMILES string of the molecule is Cn1nnnc1SCC1=C(C(=O)O)N2C(=O)C(NC(=O)/C(=N\O)c3cccc(NC=O)n3)[C@H]2SC1. The Morgan fingerprint density at radius 2 is 2.20 bits per heavy atom. The number of carboxylic acids is 1. The van der Waals surface area contributed by atoms with E-state index in [1.807, 2.05) is 0 Å². The van der Waals surface area contributed by atoms with Crippen molar-refractivity contribution >= 4 is 59.2 Å². The number of pyridine rings is 1. The Bertz CT molecular complexity index is 1260. The monoisotopic (exact) mass is 519 g/mol. The number of carbonyl (C=O) groups is 4. The van der Waals surface area contributed by atoms with Crippen LogP contribution < -0.4 is 10.6 Å². The van der Waals surface area contributed by atoms with Gasteiger partial charge in [0.05, 0.1) is 0 Å². The number of nitrogens with zero attached hydrogens (tertiary/aromatic N) is 7. The second-order valence-electron chi connectivity index (χ2n) is 7.11. The summed E-state index contributed by atoms with van der Waals surface area (Å²) < 4.78 is 1.45. The second kappa shape index (κ2) is 10.1. The van der Waals surface area contributed by atoms with Gasteiger partial charge in [-0.1, -0.05) is 23.0 Å². The summed E-state index contributed by atoms with van der Waals surface area (Å²) in [6, 6.07) is 3.30. The van der Waals surface area contributed by atoms with Crippen molar-refractivity contribution in [1.29, 1.82) is 0 Å². The van der Waals surface area contributed by atoms with E-state index in [4.69, 9.17) is 0 Å². The predicted octanol–water partition coefficient (Wildman–Crippen LogP) is -1.12. The molecule has 35 heavy (non-hydrogen) atoms. The molecule has 1 unspecified atom stereocenters. The molecule has 0 saturated carbocycles. The van der Waals surface area contributed by atoms with Crippen LogP contribution >= 0.6 is 23.5 Å². The van der Waals surface area contributed by atoms with Crippen molar-refractivity contribution in [3.63, 3.8) is 0 Å². The van der Waals surface area contributed by atoms with Crippen LogP contribution in [-0.2, 0) is 26.2 Å². The standard InChI is InChI=1S/C18H17N9O6S2/c1-26-18(22-24-25-26)35-6-8-5-34-16-12(15(30)27(16)13(8)17(31)32)21-14(29)11(23-33)9-3-2-4-10(20-9)19-7-28/h2-4,7,12,16,33H,5-6H2,1H3,(H,21,29)(H,31,32)(H,19,20,28)/b23-11-/t12?,16-/m1/s1. The Balaban J connectivity index is 1.48. The van der Waals surface area contributed by atoms with Gasteiger partial charge < -0.3 is 20.9 Å². The average molecular weight is 520 g/mol. The highest BCUT2D eigenvalue weighted by Gasteiger charge is 2.54. The number of aliphatic carboxylic acids is 1. The smallest absolute Gasteiger partial charge is 0.352 e. The van der Waals surface area contributed by atoms with Gasteiger partial charge in [0.2, 0.25) is 11.6 Å². The molecule has 2 aliphatic rings. The molecule has 4 N–H and O–H groups in total. The molecule has 4 rings (SSSR count). The van der Waals surface area contributed by atoms with Gasteiger partial charge in [0.25, 0.3) is 11.8 Å². The summed E-state index contributed by atoms with van der Waals surface area (Å²) in [6.45, 7) is 0. The molecule has 17 heteroatoms. The number of aryl methyl sites for hydroxylation is 1. The number of oxime groups is 1. The summed E-state index contributed by atoms with van der Waals surface area (Å²) in [5.41, 5.74) is -0.140. The average Bonchev–Trinajstić information content (AvgIpc) is 3.26. The summed E-state index contributed by atoms with van der Waals surface area (Å²) >= 11 is 2.53. The summed E-state index contributed by atoms with van der Waals surface area (Å²) in [7, 11) is 1.65. The first-order valence-electron chi connectivity index (χ1n) is 9.81. The number of nitrogens with one attached hydrogen (secondary N) is 2. The molecular formula is C18H17N9O6S2. The molecule has 0 bridgehead atoms. The normalized spacial score (nSPS) is 19.6. The quantitative estimate of drug-likeness (QED) is 0.0777. The fourth-order valence-corrected chi connectivity index (χ4v) is 5.75. The lowest BCUT2D eigenvalue weighted by Gasteiger charge is -2.49. The molecule has 1 fully saturated rings. The first-order valence-corrected chi connectivity index (χ1v) is 11.8. The minimum atomic E-state index is -1.26. The van der Waals surface area contributed by atoms with E-state index < -0.39 is 34.9 Å². The number of β-lactam (4-membered cyclic amide) rings is 1. The summed E-state index contributed by atoms with van der Waals surface area (Å²) in [4.78, 5) is 53.4. The third kappa shape index (κ3) is 4.67. The molecule has 182 valence electrons. The van der Waals surface area contributed by atoms with Crippen LogP contribution in [0.5, 0.6) is 0 Å². The molecule has 0 spiro atoms. The number of tetrazole rings is 1. The van der Waals surface area contributed by atoms with Gasteiger partial charge in [-0.25, -0.2) is 14.5 Å². The van der Waals surface area contributed by atoms with E-state index in [0.717, 1.165) is 4.90 Å². The van der Waals surface area contributed by atoms with Gasteiger partial charge in [-0.2, -0.15) is 0 Å². The van der Waals surface area contributed by atoms with Crippen LogP contribution in [0.25, 0.3) is 0 Å². The Labute approximate surface area is 205 Å². The number of carboxylic acid groups (broad SMARTS) is 1. The van der Waals surface area contributed by atoms with Crippen LogP contribution in [0.3, 0.4) is 0 Å². The Kier molecular flexibility index (Phi) is 6.97. The molecule has 2 atom stereocenters. The number of anilines is 1. The van der Waals surface area contributed by atoms with E-state index >= 15 is 0 Å². The van der Waals surface area contributed by atoms with Crippen molar-refractivity contribution in [2.45, 2.75) is 16.6 Å². The molecule has 4 heterocycles. The first kappa shape index (κ1) is 24.1. The summed E-state index contributed by atoms with van der Waals surface area (Å²) in [6.07, 6.45) is 0.397. The fraction of sp³-hybridized carbons (Fsp3) is 0.278. The fourth-order valence-electron chi connectivity index (χ4n) is 3.42. The van der Waals surface area contributed by atoms with E-state index in [9.17, 15) is 29.5 Å². The van der Waals surface area contributed by atoms with Crippen LogP contribution in [0.2, 0.25) is 0 Å². The maximum absolute atomic E-state index is 12.9. The minimum absolute atomic E-state index is 0.0412. The van der Waals surface area contributed by atoms with Crippen LogP contribution in [0.15, 0.2) is 39.8 Å². The zero-order valence-corrected chi connectivity index (χ0v) is 19.5. The molecule has 2 aromatic heterocycles. The van der Waals surface area contributed by atoms with Gasteiger partial charge in [-0.15, -0.1) is 16.9 Å². The molecule has 0 aromatic carbocycles. The maximum atomic E-state index is 12.9. The zero-order valence-electron chi connectivity index (χ0n) is 17.9. The van der Waals surface area contributed by atoms with Crippen molar-refractivity contribution in [3.05, 3.63) is 35.2 Å². The number of hydrogen-bond donors (Lipinski definition) is 4. The van der Waals surface area contributed by atoms with Crippen molar-refractivity contribution < 1.29 is 29.5 Å². The van der Waals surface area contributed by atoms with Crippen molar-refractivity contribution in [1.82, 2.24) is 35.4 Å². The van der Waals surface area contributed by atoms with E-state index in [-0.39, 0.29) is 23.0 Å². The number of thioether (sulfide) groups is 2. The number of rotatable bonds is 9. The van der Waals surface area contributed by atoms with Crippen LogP contribution in [0, 0.1) is 0 Å². The molecule has 1 saturated heterocycles. The van der Waals surface area contributed by atoms with Crippen molar-refractivity contribution in [2.24, 2.45) is 12.2 Å². The third-order valence-corrected chi connectivity index (χ3v) is 7.44. The van der Waals surface area contributed by atoms with E-state index in [2.05, 4.69) is 36.3 Å². The Hall–Kier alpha value is -3.99. The largest absolute Gasteiger partial charge is 0.477 e. The number of hydrogen-bond acceptors (Lipinski definition) is 12. The highest BCUT2D eigenvalue weighted by Crippen LogP contribution is 2.41. The molecular weight excluding hydrogens is 502 g/mol. The molecule has 0 aliphatic carbocycles. The van der Waals surface area contributed by atoms with Gasteiger partial charge in [-0.3, -0.25) is 19.3 Å². The summed E-state index contributed by atoms with van der Waals surface area (Å²) in [5.74, 6) is -2.08. The number of carbonyl (C=O) groups excluding carboxylic acids is 3. The van der Waals surface area contributed by atoms with E-state index in [0.29, 0.717) is 22.9 Å². The predicted molar refractivity (Wildman–Crippen MR) is 121 cm³/mol. The van der Waals surface area contributed by atoms with Gasteiger partial charge in [0.1, 0.15) is 28.6 Å². The van der Waals surface area contributed by atoms with Crippen molar-refractivity contribution in [3.8, 4) is 0 Å². The van der Waals surface area contributed by atoms with Crippen LogP contribution in [0.4, 0.5) is 5.82 Å². The van der Waals surface area contributed by atoms with E-state index in [1.165, 1.54) is 46.4 Å². The number of aromatic nitrogens is 5. The number of amides is 3. The zero-order chi connectivity index (χ0) is 25.1.